The number of aromatic nitrogens is 3. The Morgan fingerprint density at radius 2 is 2.04 bits per heavy atom. The van der Waals surface area contributed by atoms with Crippen molar-refractivity contribution in [2.75, 3.05) is 44.2 Å². The second kappa shape index (κ2) is 8.30. The Morgan fingerprint density at radius 3 is 2.81 bits per heavy atom. The first-order valence-corrected chi connectivity index (χ1v) is 8.32. The van der Waals surface area contributed by atoms with Gasteiger partial charge >= 0.3 is 29.6 Å². The molecule has 130 valence electrons. The summed E-state index contributed by atoms with van der Waals surface area (Å²) in [5.41, 5.74) is 2.86. The van der Waals surface area contributed by atoms with Crippen molar-refractivity contribution in [3.8, 4) is 17.0 Å². The fourth-order valence-corrected chi connectivity index (χ4v) is 3.26. The normalized spacial score (nSPS) is 16.5. The summed E-state index contributed by atoms with van der Waals surface area (Å²) in [4.78, 5) is 19.2. The summed E-state index contributed by atoms with van der Waals surface area (Å²) in [5, 5.41) is 18.9. The molecular weight excluding hydrogens is 345 g/mol. The number of para-hydroxylation sites is 1. The van der Waals surface area contributed by atoms with Crippen LogP contribution in [0.5, 0.6) is 5.75 Å². The van der Waals surface area contributed by atoms with Gasteiger partial charge in [0.2, 0.25) is 5.95 Å². The van der Waals surface area contributed by atoms with Crippen LogP contribution in [0.4, 0.5) is 5.95 Å². The minimum Gasteiger partial charge on any atom is -0.549 e. The van der Waals surface area contributed by atoms with Crippen molar-refractivity contribution in [1.29, 1.82) is 0 Å². The van der Waals surface area contributed by atoms with Crippen LogP contribution in [0.3, 0.4) is 0 Å². The molecule has 0 spiro atoms. The number of carbonyl (C=O) groups excluding carboxylic acids is 1. The molecule has 0 amide bonds. The first kappa shape index (κ1) is 19.0. The van der Waals surface area contributed by atoms with Gasteiger partial charge in [-0.15, -0.1) is 5.10 Å². The van der Waals surface area contributed by atoms with E-state index in [9.17, 15) is 9.90 Å². The van der Waals surface area contributed by atoms with Crippen LogP contribution >= 0.6 is 0 Å². The van der Waals surface area contributed by atoms with E-state index in [0.717, 1.165) is 23.4 Å². The van der Waals surface area contributed by atoms with E-state index in [1.165, 1.54) is 5.56 Å². The maximum Gasteiger partial charge on any atom is 1.00 e. The van der Waals surface area contributed by atoms with Crippen molar-refractivity contribution in [1.82, 2.24) is 20.1 Å². The monoisotopic (exact) mass is 363 g/mol. The van der Waals surface area contributed by atoms with Crippen LogP contribution in [0.15, 0.2) is 24.4 Å². The molecule has 8 nitrogen and oxygen atoms in total. The van der Waals surface area contributed by atoms with Crippen LogP contribution < -0.4 is 44.3 Å². The average molecular weight is 363 g/mol. The van der Waals surface area contributed by atoms with Gasteiger partial charge in [0.05, 0.1) is 24.5 Å². The van der Waals surface area contributed by atoms with Crippen LogP contribution in [0.25, 0.3) is 11.3 Å². The zero-order valence-corrected chi connectivity index (χ0v) is 16.7. The van der Waals surface area contributed by atoms with E-state index < -0.39 is 5.97 Å². The van der Waals surface area contributed by atoms with E-state index in [2.05, 4.69) is 21.2 Å². The van der Waals surface area contributed by atoms with E-state index in [-0.39, 0.29) is 36.1 Å². The smallest absolute Gasteiger partial charge is 0.549 e. The minimum atomic E-state index is -1.05. The van der Waals surface area contributed by atoms with Gasteiger partial charge in [-0.25, -0.2) is 4.98 Å². The van der Waals surface area contributed by atoms with Crippen molar-refractivity contribution >= 4 is 11.9 Å². The van der Waals surface area contributed by atoms with Crippen LogP contribution in [0, 0.1) is 0 Å². The van der Waals surface area contributed by atoms with Crippen molar-refractivity contribution in [2.24, 2.45) is 0 Å². The quantitative estimate of drug-likeness (QED) is 0.514. The molecule has 0 unspecified atom stereocenters. The Labute approximate surface area is 173 Å². The number of carbonyl (C=O) groups is 1. The summed E-state index contributed by atoms with van der Waals surface area (Å²) in [7, 11) is 0. The molecule has 0 saturated carbocycles. The number of piperazine rings is 1. The molecule has 1 fully saturated rings. The Kier molecular flexibility index (Phi) is 6.08. The molecule has 1 aromatic heterocycles. The number of nitrogens with zero attached hydrogens (tertiary/aromatic N) is 5. The number of carboxylic acids is 1. The Balaban J connectivity index is 0.00000196. The number of ether oxygens (including phenoxy) is 1. The van der Waals surface area contributed by atoms with Crippen molar-refractivity contribution in [3.05, 3.63) is 30.0 Å². The number of anilines is 1. The van der Waals surface area contributed by atoms with Crippen LogP contribution in [0.2, 0.25) is 0 Å². The molecule has 1 aromatic carbocycles. The van der Waals surface area contributed by atoms with Crippen molar-refractivity contribution < 1.29 is 44.2 Å². The molecule has 4 rings (SSSR count). The Morgan fingerprint density at radius 1 is 1.23 bits per heavy atom. The standard InChI is InChI=1S/C17H19N5O3.Na/c23-15(24)11-21-5-7-22(8-6-21)17-19-14(10-18-20-17)13-3-1-2-12-4-9-25-16(12)13;/h1-3,10H,4-9,11H2,(H,23,24);/q;+1/p-1. The SMILES string of the molecule is O=C([O-])CN1CCN(c2nncc(-c3cccc4c3OCC4)n2)CC1.[Na+]. The third-order valence-electron chi connectivity index (χ3n) is 4.55. The predicted molar refractivity (Wildman–Crippen MR) is 88.1 cm³/mol. The van der Waals surface area contributed by atoms with Crippen LogP contribution in [-0.2, 0) is 11.2 Å². The molecular formula is C17H18N5NaO3. The molecule has 0 N–H and O–H groups in total. The topological polar surface area (TPSA) is 94.5 Å². The van der Waals surface area contributed by atoms with Gasteiger partial charge in [-0.3, -0.25) is 4.90 Å². The maximum atomic E-state index is 10.7. The molecule has 26 heavy (non-hydrogen) atoms. The first-order chi connectivity index (χ1) is 12.2. The first-order valence-electron chi connectivity index (χ1n) is 8.32. The second-order valence-corrected chi connectivity index (χ2v) is 6.17. The number of hydrogen-bond donors (Lipinski definition) is 0. The van der Waals surface area contributed by atoms with Crippen LogP contribution in [-0.4, -0.2) is 65.4 Å². The minimum absolute atomic E-state index is 0. The van der Waals surface area contributed by atoms with E-state index in [1.54, 1.807) is 6.20 Å². The number of benzene rings is 1. The van der Waals surface area contributed by atoms with E-state index >= 15 is 0 Å². The van der Waals surface area contributed by atoms with Crippen molar-refractivity contribution in [3.63, 3.8) is 0 Å². The molecule has 0 radical (unpaired) electrons. The molecule has 1 saturated heterocycles. The zero-order chi connectivity index (χ0) is 17.2. The van der Waals surface area contributed by atoms with Gasteiger partial charge in [0, 0.05) is 44.7 Å². The van der Waals surface area contributed by atoms with Gasteiger partial charge in [-0.2, -0.15) is 5.10 Å². The molecule has 0 aliphatic carbocycles. The van der Waals surface area contributed by atoms with Gasteiger partial charge in [0.1, 0.15) is 5.75 Å². The van der Waals surface area contributed by atoms with E-state index in [0.29, 0.717) is 38.7 Å². The number of aliphatic carboxylic acids is 1. The third-order valence-corrected chi connectivity index (χ3v) is 4.55. The summed E-state index contributed by atoms with van der Waals surface area (Å²) in [6.07, 6.45) is 2.56. The molecule has 0 bridgehead atoms. The predicted octanol–water partition coefficient (Wildman–Crippen LogP) is -3.65. The van der Waals surface area contributed by atoms with Gasteiger partial charge in [-0.05, 0) is 11.6 Å². The van der Waals surface area contributed by atoms with Crippen LogP contribution in [0.1, 0.15) is 5.56 Å². The fraction of sp³-hybridized carbons (Fsp3) is 0.412. The van der Waals surface area contributed by atoms with E-state index in [1.807, 2.05) is 21.9 Å². The summed E-state index contributed by atoms with van der Waals surface area (Å²) in [5.74, 6) is 0.389. The van der Waals surface area contributed by atoms with Gasteiger partial charge in [-0.1, -0.05) is 12.1 Å². The molecule has 3 heterocycles. The molecule has 9 heteroatoms. The van der Waals surface area contributed by atoms with Gasteiger partial charge in [0.15, 0.2) is 0 Å². The summed E-state index contributed by atoms with van der Waals surface area (Å²) in [6, 6.07) is 6.05. The largest absolute Gasteiger partial charge is 1.00 e. The second-order valence-electron chi connectivity index (χ2n) is 6.17. The summed E-state index contributed by atoms with van der Waals surface area (Å²) >= 11 is 0. The number of rotatable bonds is 4. The summed E-state index contributed by atoms with van der Waals surface area (Å²) in [6.45, 7) is 3.22. The molecule has 2 aliphatic heterocycles. The van der Waals surface area contributed by atoms with Gasteiger partial charge in [0.25, 0.3) is 0 Å². The van der Waals surface area contributed by atoms with E-state index in [4.69, 9.17) is 4.74 Å². The Hall–Kier alpha value is -1.74. The van der Waals surface area contributed by atoms with Gasteiger partial charge < -0.3 is 19.5 Å². The molecule has 0 atom stereocenters. The zero-order valence-electron chi connectivity index (χ0n) is 14.7. The number of carboxylic acid groups (broad SMARTS) is 1. The third kappa shape index (κ3) is 3.98. The number of fused-ring (bicyclic) bond motifs is 1. The average Bonchev–Trinajstić information content (AvgIpc) is 3.11. The van der Waals surface area contributed by atoms with Crippen molar-refractivity contribution in [2.45, 2.75) is 6.42 Å². The number of hydrogen-bond acceptors (Lipinski definition) is 8. The molecule has 2 aromatic rings. The maximum absolute atomic E-state index is 10.7. The molecule has 2 aliphatic rings. The summed E-state index contributed by atoms with van der Waals surface area (Å²) < 4.78 is 5.75. The fourth-order valence-electron chi connectivity index (χ4n) is 3.26. The Bertz CT molecular complexity index is 796.